The number of aliphatic hydroxyl groups excluding tert-OH is 1. The minimum Gasteiger partial charge on any atom is -0.387 e. The lowest BCUT2D eigenvalue weighted by molar-refractivity contribution is 0.109. The molecule has 1 aliphatic heterocycles. The Morgan fingerprint density at radius 3 is 2.65 bits per heavy atom. The molecule has 7 heteroatoms. The molecule has 0 spiro atoms. The van der Waals surface area contributed by atoms with Gasteiger partial charge in [0.15, 0.2) is 21.5 Å². The molecule has 1 aliphatic rings. The van der Waals surface area contributed by atoms with Gasteiger partial charge in [0.1, 0.15) is 0 Å². The SMILES string of the molecule is CN(C[C@H](O)c1ccc(F)c(F)c1)[C@H]1CCS(=O)(=O)C1. The van der Waals surface area contributed by atoms with Crippen LogP contribution in [0, 0.1) is 11.6 Å². The van der Waals surface area contributed by atoms with Gasteiger partial charge in [-0.05, 0) is 31.2 Å². The minimum absolute atomic E-state index is 0.0774. The maximum atomic E-state index is 13.1. The number of nitrogens with zero attached hydrogens (tertiary/aromatic N) is 1. The van der Waals surface area contributed by atoms with E-state index in [9.17, 15) is 22.3 Å². The highest BCUT2D eigenvalue weighted by Crippen LogP contribution is 2.21. The summed E-state index contributed by atoms with van der Waals surface area (Å²) in [4.78, 5) is 1.75. The maximum absolute atomic E-state index is 13.1. The normalized spacial score (nSPS) is 23.1. The molecule has 1 aromatic rings. The topological polar surface area (TPSA) is 57.6 Å². The number of halogens is 2. The van der Waals surface area contributed by atoms with E-state index in [0.717, 1.165) is 12.1 Å². The number of hydrogen-bond donors (Lipinski definition) is 1. The molecule has 112 valence electrons. The number of benzene rings is 1. The number of aliphatic hydroxyl groups is 1. The Bertz CT molecular complexity index is 591. The van der Waals surface area contributed by atoms with Crippen molar-refractivity contribution >= 4 is 9.84 Å². The second kappa shape index (κ2) is 5.75. The summed E-state index contributed by atoms with van der Waals surface area (Å²) in [5, 5.41) is 10.0. The molecule has 0 unspecified atom stereocenters. The van der Waals surface area contributed by atoms with Gasteiger partial charge >= 0.3 is 0 Å². The molecule has 1 N–H and O–H groups in total. The van der Waals surface area contributed by atoms with E-state index < -0.39 is 27.6 Å². The minimum atomic E-state index is -2.99. The lowest BCUT2D eigenvalue weighted by Crippen LogP contribution is -2.35. The maximum Gasteiger partial charge on any atom is 0.159 e. The molecule has 1 saturated heterocycles. The van der Waals surface area contributed by atoms with Crippen LogP contribution in [0.3, 0.4) is 0 Å². The lowest BCUT2D eigenvalue weighted by atomic mass is 10.1. The van der Waals surface area contributed by atoms with Crippen LogP contribution in [-0.2, 0) is 9.84 Å². The fourth-order valence-corrected chi connectivity index (χ4v) is 4.18. The number of hydrogen-bond acceptors (Lipinski definition) is 4. The van der Waals surface area contributed by atoms with Crippen LogP contribution < -0.4 is 0 Å². The molecular formula is C13H17F2NO3S. The first-order chi connectivity index (χ1) is 9.28. The first-order valence-corrected chi connectivity index (χ1v) is 8.14. The summed E-state index contributed by atoms with van der Waals surface area (Å²) in [6, 6.07) is 3.11. The van der Waals surface area contributed by atoms with Gasteiger partial charge in [-0.3, -0.25) is 4.90 Å². The summed E-state index contributed by atoms with van der Waals surface area (Å²) >= 11 is 0. The molecular weight excluding hydrogens is 288 g/mol. The molecule has 0 radical (unpaired) electrons. The smallest absolute Gasteiger partial charge is 0.159 e. The van der Waals surface area contributed by atoms with Crippen LogP contribution in [0.25, 0.3) is 0 Å². The van der Waals surface area contributed by atoms with Crippen molar-refractivity contribution in [2.24, 2.45) is 0 Å². The van der Waals surface area contributed by atoms with Crippen molar-refractivity contribution in [1.82, 2.24) is 4.90 Å². The zero-order valence-corrected chi connectivity index (χ0v) is 11.9. The second-order valence-electron chi connectivity index (χ2n) is 5.19. The Morgan fingerprint density at radius 2 is 2.10 bits per heavy atom. The average molecular weight is 305 g/mol. The van der Waals surface area contributed by atoms with Crippen molar-refractivity contribution in [3.05, 3.63) is 35.4 Å². The highest BCUT2D eigenvalue weighted by molar-refractivity contribution is 7.91. The van der Waals surface area contributed by atoms with Crippen LogP contribution >= 0.6 is 0 Å². The molecule has 0 aromatic heterocycles. The van der Waals surface area contributed by atoms with Crippen LogP contribution in [0.5, 0.6) is 0 Å². The highest BCUT2D eigenvalue weighted by Gasteiger charge is 2.31. The van der Waals surface area contributed by atoms with E-state index >= 15 is 0 Å². The van der Waals surface area contributed by atoms with Crippen molar-refractivity contribution in [3.63, 3.8) is 0 Å². The zero-order chi connectivity index (χ0) is 14.9. The Hall–Kier alpha value is -1.05. The van der Waals surface area contributed by atoms with E-state index in [1.807, 2.05) is 0 Å². The molecule has 4 nitrogen and oxygen atoms in total. The van der Waals surface area contributed by atoms with Crippen LogP contribution in [0.4, 0.5) is 8.78 Å². The summed E-state index contributed by atoms with van der Waals surface area (Å²) < 4.78 is 48.7. The largest absolute Gasteiger partial charge is 0.387 e. The monoisotopic (exact) mass is 305 g/mol. The first kappa shape index (κ1) is 15.3. The molecule has 20 heavy (non-hydrogen) atoms. The van der Waals surface area contributed by atoms with E-state index in [4.69, 9.17) is 0 Å². The van der Waals surface area contributed by atoms with Crippen molar-refractivity contribution < 1.29 is 22.3 Å². The van der Waals surface area contributed by atoms with E-state index in [2.05, 4.69) is 0 Å². The van der Waals surface area contributed by atoms with E-state index in [-0.39, 0.29) is 29.7 Å². The summed E-state index contributed by atoms with van der Waals surface area (Å²) in [6.45, 7) is 0.172. The Morgan fingerprint density at radius 1 is 1.40 bits per heavy atom. The Labute approximate surface area is 116 Å². The standard InChI is InChI=1S/C13H17F2NO3S/c1-16(10-4-5-20(18,19)8-10)7-13(17)9-2-3-11(14)12(15)6-9/h2-3,6,10,13,17H,4-5,7-8H2,1H3/t10-,13-/m0/s1. The molecule has 2 rings (SSSR count). The van der Waals surface area contributed by atoms with Crippen LogP contribution in [0.2, 0.25) is 0 Å². The highest BCUT2D eigenvalue weighted by atomic mass is 32.2. The molecule has 1 aromatic carbocycles. The predicted molar refractivity (Wildman–Crippen MR) is 71.0 cm³/mol. The second-order valence-corrected chi connectivity index (χ2v) is 7.41. The summed E-state index contributed by atoms with van der Waals surface area (Å²) in [5.41, 5.74) is 0.275. The third-order valence-electron chi connectivity index (χ3n) is 3.62. The fraction of sp³-hybridized carbons (Fsp3) is 0.538. The molecule has 0 amide bonds. The van der Waals surface area contributed by atoms with Crippen LogP contribution in [-0.4, -0.2) is 49.6 Å². The number of likely N-dealkylation sites (N-methyl/N-ethyl adjacent to an activating group) is 1. The fourth-order valence-electron chi connectivity index (χ4n) is 2.37. The van der Waals surface area contributed by atoms with Gasteiger partial charge in [0.05, 0.1) is 17.6 Å². The van der Waals surface area contributed by atoms with E-state index in [1.165, 1.54) is 6.07 Å². The van der Waals surface area contributed by atoms with Gasteiger partial charge in [0.2, 0.25) is 0 Å². The number of sulfone groups is 1. The van der Waals surface area contributed by atoms with Crippen molar-refractivity contribution in [2.45, 2.75) is 18.6 Å². The number of rotatable bonds is 4. The Balaban J connectivity index is 2.00. The molecule has 0 aliphatic carbocycles. The summed E-state index contributed by atoms with van der Waals surface area (Å²) in [6.07, 6.45) is -0.457. The van der Waals surface area contributed by atoms with Crippen LogP contribution in [0.1, 0.15) is 18.1 Å². The van der Waals surface area contributed by atoms with Gasteiger partial charge in [-0.2, -0.15) is 0 Å². The quantitative estimate of drug-likeness (QED) is 0.905. The third kappa shape index (κ3) is 3.53. The van der Waals surface area contributed by atoms with Gasteiger partial charge in [-0.25, -0.2) is 17.2 Å². The van der Waals surface area contributed by atoms with Gasteiger partial charge in [0.25, 0.3) is 0 Å². The first-order valence-electron chi connectivity index (χ1n) is 6.32. The molecule has 1 fully saturated rings. The van der Waals surface area contributed by atoms with Gasteiger partial charge < -0.3 is 5.11 Å². The third-order valence-corrected chi connectivity index (χ3v) is 5.37. The summed E-state index contributed by atoms with van der Waals surface area (Å²) in [5.74, 6) is -1.74. The molecule has 0 saturated carbocycles. The van der Waals surface area contributed by atoms with E-state index in [0.29, 0.717) is 6.42 Å². The zero-order valence-electron chi connectivity index (χ0n) is 11.1. The lowest BCUT2D eigenvalue weighted by Gasteiger charge is -2.25. The molecule has 1 heterocycles. The van der Waals surface area contributed by atoms with Crippen molar-refractivity contribution in [2.75, 3.05) is 25.1 Å². The summed E-state index contributed by atoms with van der Waals surface area (Å²) in [7, 11) is -1.27. The Kier molecular flexibility index (Phi) is 4.41. The van der Waals surface area contributed by atoms with Gasteiger partial charge in [0, 0.05) is 12.6 Å². The van der Waals surface area contributed by atoms with E-state index in [1.54, 1.807) is 11.9 Å². The van der Waals surface area contributed by atoms with Crippen molar-refractivity contribution in [3.8, 4) is 0 Å². The molecule has 2 atom stereocenters. The van der Waals surface area contributed by atoms with Crippen LogP contribution in [0.15, 0.2) is 18.2 Å². The average Bonchev–Trinajstić information content (AvgIpc) is 2.73. The van der Waals surface area contributed by atoms with Gasteiger partial charge in [-0.1, -0.05) is 6.07 Å². The molecule has 0 bridgehead atoms. The predicted octanol–water partition coefficient (Wildman–Crippen LogP) is 1.12. The van der Waals surface area contributed by atoms with Crippen molar-refractivity contribution in [1.29, 1.82) is 0 Å². The van der Waals surface area contributed by atoms with Gasteiger partial charge in [-0.15, -0.1) is 0 Å².